The highest BCUT2D eigenvalue weighted by atomic mass is 32.1. The van der Waals surface area contributed by atoms with Gasteiger partial charge in [0, 0.05) is 11.6 Å². The van der Waals surface area contributed by atoms with Crippen LogP contribution in [-0.4, -0.2) is 23.0 Å². The van der Waals surface area contributed by atoms with Crippen LogP contribution in [0.1, 0.15) is 57.4 Å². The number of thiazole rings is 1. The first kappa shape index (κ1) is 16.9. The molecule has 1 aromatic rings. The highest BCUT2D eigenvalue weighted by Gasteiger charge is 2.34. The summed E-state index contributed by atoms with van der Waals surface area (Å²) in [4.78, 5) is 16.6. The van der Waals surface area contributed by atoms with E-state index in [9.17, 15) is 10.1 Å². The summed E-state index contributed by atoms with van der Waals surface area (Å²) in [6.07, 6.45) is 7.30. The fourth-order valence-corrected chi connectivity index (χ4v) is 3.70. The molecule has 1 aliphatic carbocycles. The molecule has 0 unspecified atom stereocenters. The van der Waals surface area contributed by atoms with Gasteiger partial charge in [-0.2, -0.15) is 5.26 Å². The average molecular weight is 320 g/mol. The van der Waals surface area contributed by atoms with Gasteiger partial charge >= 0.3 is 0 Å². The van der Waals surface area contributed by atoms with Crippen LogP contribution < -0.4 is 10.6 Å². The first-order valence-corrected chi connectivity index (χ1v) is 8.79. The fraction of sp³-hybridized carbons (Fsp3) is 0.688. The van der Waals surface area contributed by atoms with Crippen LogP contribution in [0.25, 0.3) is 0 Å². The quantitative estimate of drug-likeness (QED) is 0.845. The number of rotatable bonds is 6. The molecule has 0 aliphatic heterocycles. The summed E-state index contributed by atoms with van der Waals surface area (Å²) in [7, 11) is 0. The van der Waals surface area contributed by atoms with E-state index in [1.807, 2.05) is 5.38 Å². The Bertz CT molecular complexity index is 531. The fourth-order valence-electron chi connectivity index (χ4n) is 2.85. The Morgan fingerprint density at radius 2 is 2.23 bits per heavy atom. The summed E-state index contributed by atoms with van der Waals surface area (Å²) < 4.78 is 0. The Labute approximate surface area is 136 Å². The van der Waals surface area contributed by atoms with Crippen LogP contribution in [0, 0.1) is 11.3 Å². The topological polar surface area (TPSA) is 77.8 Å². The predicted octanol–water partition coefficient (Wildman–Crippen LogP) is 2.70. The second-order valence-corrected chi connectivity index (χ2v) is 7.07. The minimum atomic E-state index is -0.666. The van der Waals surface area contributed by atoms with Gasteiger partial charge in [-0.1, -0.05) is 26.2 Å². The molecule has 1 fully saturated rings. The molecular weight excluding hydrogens is 296 g/mol. The molecule has 0 saturated heterocycles. The average Bonchev–Trinajstić information content (AvgIpc) is 3.08. The minimum absolute atomic E-state index is 0.111. The maximum Gasteiger partial charge on any atom is 0.235 e. The second-order valence-electron chi connectivity index (χ2n) is 6.18. The van der Waals surface area contributed by atoms with Gasteiger partial charge in [-0.05, 0) is 26.2 Å². The van der Waals surface area contributed by atoms with Crippen molar-refractivity contribution in [1.29, 1.82) is 5.26 Å². The molecular formula is C16H24N4OS. The lowest BCUT2D eigenvalue weighted by Crippen LogP contribution is -2.53. The van der Waals surface area contributed by atoms with Crippen LogP contribution in [0.15, 0.2) is 11.6 Å². The van der Waals surface area contributed by atoms with Crippen molar-refractivity contribution in [3.8, 4) is 6.07 Å². The zero-order chi connectivity index (χ0) is 16.1. The van der Waals surface area contributed by atoms with Crippen LogP contribution in [0.3, 0.4) is 0 Å². The van der Waals surface area contributed by atoms with Crippen LogP contribution in [-0.2, 0) is 10.3 Å². The van der Waals surface area contributed by atoms with Crippen molar-refractivity contribution >= 4 is 17.2 Å². The van der Waals surface area contributed by atoms with Crippen molar-refractivity contribution in [2.45, 2.75) is 63.5 Å². The van der Waals surface area contributed by atoms with Gasteiger partial charge in [-0.3, -0.25) is 10.1 Å². The van der Waals surface area contributed by atoms with Crippen molar-refractivity contribution in [1.82, 2.24) is 15.6 Å². The number of nitrogens with one attached hydrogen (secondary N) is 2. The molecule has 1 aliphatic rings. The molecule has 1 amide bonds. The standard InChI is InChI=1S/C16H24N4OS/c1-3-15(2,14-18-9-10-22-14)19-11-13(21)20-16(12-17)7-5-4-6-8-16/h9-10,19H,3-8,11H2,1-2H3,(H,20,21)/t15-/m1/s1. The SMILES string of the molecule is CC[C@@](C)(NCC(=O)NC1(C#N)CCCCC1)c1nccs1. The molecule has 6 heteroatoms. The van der Waals surface area contributed by atoms with Crippen LogP contribution in [0.4, 0.5) is 0 Å². The van der Waals surface area contributed by atoms with Gasteiger partial charge in [-0.25, -0.2) is 4.98 Å². The van der Waals surface area contributed by atoms with E-state index in [1.54, 1.807) is 17.5 Å². The van der Waals surface area contributed by atoms with E-state index in [0.717, 1.165) is 43.5 Å². The molecule has 1 aromatic heterocycles. The number of aromatic nitrogens is 1. The third kappa shape index (κ3) is 3.84. The zero-order valence-corrected chi connectivity index (χ0v) is 14.1. The van der Waals surface area contributed by atoms with Crippen LogP contribution in [0.2, 0.25) is 0 Å². The summed E-state index contributed by atoms with van der Waals surface area (Å²) in [6.45, 7) is 4.33. The number of carbonyl (C=O) groups excluding carboxylic acids is 1. The number of carbonyl (C=O) groups is 1. The van der Waals surface area contributed by atoms with E-state index in [1.165, 1.54) is 0 Å². The van der Waals surface area contributed by atoms with Gasteiger partial charge in [0.05, 0.1) is 18.2 Å². The number of nitriles is 1. The third-order valence-corrected chi connectivity index (χ3v) is 5.59. The summed E-state index contributed by atoms with van der Waals surface area (Å²) in [5, 5.41) is 18.6. The lowest BCUT2D eigenvalue weighted by Gasteiger charge is -2.33. The van der Waals surface area contributed by atoms with E-state index < -0.39 is 5.54 Å². The summed E-state index contributed by atoms with van der Waals surface area (Å²) >= 11 is 1.59. The van der Waals surface area contributed by atoms with Crippen molar-refractivity contribution in [2.24, 2.45) is 0 Å². The normalized spacial score (nSPS) is 19.9. The van der Waals surface area contributed by atoms with Gasteiger partial charge in [-0.15, -0.1) is 11.3 Å². The molecule has 1 heterocycles. The largest absolute Gasteiger partial charge is 0.337 e. The molecule has 0 spiro atoms. The van der Waals surface area contributed by atoms with Crippen LogP contribution >= 0.6 is 11.3 Å². The van der Waals surface area contributed by atoms with Gasteiger partial charge in [0.25, 0.3) is 0 Å². The Kier molecular flexibility index (Phi) is 5.54. The molecule has 1 atom stereocenters. The molecule has 120 valence electrons. The highest BCUT2D eigenvalue weighted by molar-refractivity contribution is 7.09. The van der Waals surface area contributed by atoms with E-state index in [-0.39, 0.29) is 18.0 Å². The maximum atomic E-state index is 12.3. The molecule has 0 bridgehead atoms. The van der Waals surface area contributed by atoms with E-state index in [0.29, 0.717) is 0 Å². The zero-order valence-electron chi connectivity index (χ0n) is 13.3. The molecule has 5 nitrogen and oxygen atoms in total. The van der Waals surface area contributed by atoms with Gasteiger partial charge in [0.15, 0.2) is 0 Å². The highest BCUT2D eigenvalue weighted by Crippen LogP contribution is 2.28. The summed E-state index contributed by atoms with van der Waals surface area (Å²) in [5.74, 6) is -0.111. The van der Waals surface area contributed by atoms with Gasteiger partial charge in [0.1, 0.15) is 10.5 Å². The maximum absolute atomic E-state index is 12.3. The van der Waals surface area contributed by atoms with E-state index >= 15 is 0 Å². The smallest absolute Gasteiger partial charge is 0.235 e. The lowest BCUT2D eigenvalue weighted by atomic mass is 9.83. The monoisotopic (exact) mass is 320 g/mol. The Morgan fingerprint density at radius 3 is 2.77 bits per heavy atom. The first-order chi connectivity index (χ1) is 10.5. The van der Waals surface area contributed by atoms with E-state index in [2.05, 4.69) is 35.5 Å². The minimum Gasteiger partial charge on any atom is -0.337 e. The third-order valence-electron chi connectivity index (χ3n) is 4.55. The molecule has 0 aromatic carbocycles. The Morgan fingerprint density at radius 1 is 1.50 bits per heavy atom. The first-order valence-electron chi connectivity index (χ1n) is 7.91. The summed E-state index contributed by atoms with van der Waals surface area (Å²) in [5.41, 5.74) is -0.974. The lowest BCUT2D eigenvalue weighted by molar-refractivity contribution is -0.122. The molecule has 2 rings (SSSR count). The van der Waals surface area contributed by atoms with Crippen molar-refractivity contribution in [2.75, 3.05) is 6.54 Å². The van der Waals surface area contributed by atoms with Crippen molar-refractivity contribution in [3.05, 3.63) is 16.6 Å². The summed E-state index contributed by atoms with van der Waals surface area (Å²) in [6, 6.07) is 2.32. The number of amides is 1. The molecule has 22 heavy (non-hydrogen) atoms. The second kappa shape index (κ2) is 7.21. The van der Waals surface area contributed by atoms with Crippen molar-refractivity contribution in [3.63, 3.8) is 0 Å². The Hall–Kier alpha value is -1.45. The molecule has 0 radical (unpaired) electrons. The van der Waals surface area contributed by atoms with E-state index in [4.69, 9.17) is 0 Å². The molecule has 2 N–H and O–H groups in total. The number of nitrogens with zero attached hydrogens (tertiary/aromatic N) is 2. The van der Waals surface area contributed by atoms with Crippen LogP contribution in [0.5, 0.6) is 0 Å². The number of hydrogen-bond donors (Lipinski definition) is 2. The number of hydrogen-bond acceptors (Lipinski definition) is 5. The van der Waals surface area contributed by atoms with Gasteiger partial charge in [0.2, 0.25) is 5.91 Å². The Balaban J connectivity index is 1.93. The predicted molar refractivity (Wildman–Crippen MR) is 87.3 cm³/mol. The van der Waals surface area contributed by atoms with Gasteiger partial charge < -0.3 is 5.32 Å². The van der Waals surface area contributed by atoms with Crippen molar-refractivity contribution < 1.29 is 4.79 Å². The molecule has 1 saturated carbocycles.